The summed E-state index contributed by atoms with van der Waals surface area (Å²) in [7, 11) is 0. The molecule has 0 spiro atoms. The molecule has 1 saturated heterocycles. The van der Waals surface area contributed by atoms with Crippen molar-refractivity contribution in [3.05, 3.63) is 60.2 Å². The Labute approximate surface area is 176 Å². The summed E-state index contributed by atoms with van der Waals surface area (Å²) >= 11 is 4.29. The topological polar surface area (TPSA) is 41.1 Å². The molecule has 1 aliphatic heterocycles. The van der Waals surface area contributed by atoms with E-state index < -0.39 is 17.8 Å². The number of hydrogen-bond donors (Lipinski definition) is 2. The van der Waals surface area contributed by atoms with E-state index in [2.05, 4.69) is 27.9 Å². The van der Waals surface area contributed by atoms with Crippen molar-refractivity contribution in [2.45, 2.75) is 11.1 Å². The van der Waals surface area contributed by atoms with Gasteiger partial charge in [0.05, 0.1) is 11.3 Å². The number of nitrogens with zero attached hydrogens (tertiary/aromatic N) is 3. The van der Waals surface area contributed by atoms with Crippen LogP contribution in [-0.2, 0) is 6.18 Å². The number of rotatable bonds is 3. The molecule has 30 heavy (non-hydrogen) atoms. The van der Waals surface area contributed by atoms with Gasteiger partial charge < -0.3 is 10.2 Å². The van der Waals surface area contributed by atoms with Gasteiger partial charge in [0.1, 0.15) is 11.6 Å². The van der Waals surface area contributed by atoms with E-state index in [9.17, 15) is 17.6 Å². The maximum atomic E-state index is 13.7. The van der Waals surface area contributed by atoms with Gasteiger partial charge in [0.25, 0.3) is 0 Å². The van der Waals surface area contributed by atoms with Crippen molar-refractivity contribution in [3.8, 4) is 22.4 Å². The molecule has 156 valence electrons. The van der Waals surface area contributed by atoms with Crippen LogP contribution in [0.3, 0.4) is 0 Å². The lowest BCUT2D eigenvalue weighted by atomic mass is 9.98. The highest BCUT2D eigenvalue weighted by Crippen LogP contribution is 2.40. The van der Waals surface area contributed by atoms with E-state index >= 15 is 0 Å². The highest BCUT2D eigenvalue weighted by atomic mass is 32.1. The summed E-state index contributed by atoms with van der Waals surface area (Å²) in [5.41, 5.74) is 1.63. The van der Waals surface area contributed by atoms with E-state index in [-0.39, 0.29) is 11.5 Å². The highest BCUT2D eigenvalue weighted by Gasteiger charge is 2.37. The third-order valence-electron chi connectivity index (χ3n) is 4.83. The summed E-state index contributed by atoms with van der Waals surface area (Å²) in [6, 6.07) is 12.3. The molecule has 0 radical (unpaired) electrons. The molecular weight excluding hydrogens is 416 g/mol. The number of benzene rings is 2. The summed E-state index contributed by atoms with van der Waals surface area (Å²) in [4.78, 5) is 10.4. The van der Waals surface area contributed by atoms with Gasteiger partial charge in [0, 0.05) is 36.6 Å². The number of hydrogen-bond acceptors (Lipinski definition) is 5. The zero-order valence-corrected chi connectivity index (χ0v) is 16.6. The molecule has 3 aromatic rings. The van der Waals surface area contributed by atoms with Gasteiger partial charge >= 0.3 is 6.18 Å². The van der Waals surface area contributed by atoms with Gasteiger partial charge in [-0.25, -0.2) is 14.4 Å². The molecule has 2 heterocycles. The Morgan fingerprint density at radius 1 is 0.867 bits per heavy atom. The van der Waals surface area contributed by atoms with Crippen LogP contribution in [-0.4, -0.2) is 36.1 Å². The average molecular weight is 434 g/mol. The molecule has 0 saturated carbocycles. The second-order valence-corrected chi connectivity index (χ2v) is 7.40. The quantitative estimate of drug-likeness (QED) is 0.465. The highest BCUT2D eigenvalue weighted by molar-refractivity contribution is 7.80. The lowest BCUT2D eigenvalue weighted by Gasteiger charge is -2.31. The van der Waals surface area contributed by atoms with E-state index in [0.717, 1.165) is 4.90 Å². The molecular formula is C21H18F4N4S. The number of halogens is 4. The molecule has 0 amide bonds. The SMILES string of the molecule is Fc1ccc(-c2nc(C(F)(F)F)nc(N3CCNCC3)c2-c2ccc(S)cc2)cc1. The fraction of sp³-hybridized carbons (Fsp3) is 0.238. The summed E-state index contributed by atoms with van der Waals surface area (Å²) in [6.07, 6.45) is -4.72. The maximum absolute atomic E-state index is 13.7. The van der Waals surface area contributed by atoms with Gasteiger partial charge in [-0.2, -0.15) is 13.2 Å². The standard InChI is InChI=1S/C21H18F4N4S/c22-15-5-1-14(2-6-15)18-17(13-3-7-16(30)8-4-13)19(29-11-9-26-10-12-29)28-20(27-18)21(23,24)25/h1-8,26,30H,9-12H2. The molecule has 1 N–H and O–H groups in total. The molecule has 1 fully saturated rings. The van der Waals surface area contributed by atoms with Crippen molar-refractivity contribution in [2.24, 2.45) is 0 Å². The lowest BCUT2D eigenvalue weighted by molar-refractivity contribution is -0.144. The molecule has 1 aliphatic rings. The molecule has 0 atom stereocenters. The summed E-state index contributed by atoms with van der Waals surface area (Å²) < 4.78 is 54.4. The molecule has 4 rings (SSSR count). The zero-order chi connectivity index (χ0) is 21.3. The van der Waals surface area contributed by atoms with Crippen LogP contribution in [0.5, 0.6) is 0 Å². The van der Waals surface area contributed by atoms with Crippen LogP contribution in [0.1, 0.15) is 5.82 Å². The smallest absolute Gasteiger partial charge is 0.353 e. The number of thiol groups is 1. The Morgan fingerprint density at radius 3 is 2.07 bits per heavy atom. The first-order valence-corrected chi connectivity index (χ1v) is 9.78. The first-order valence-electron chi connectivity index (χ1n) is 9.33. The van der Waals surface area contributed by atoms with Gasteiger partial charge in [-0.3, -0.25) is 0 Å². The molecule has 9 heteroatoms. The Kier molecular flexibility index (Phi) is 5.66. The zero-order valence-electron chi connectivity index (χ0n) is 15.7. The van der Waals surface area contributed by atoms with Gasteiger partial charge in [-0.05, 0) is 42.0 Å². The van der Waals surface area contributed by atoms with Crippen LogP contribution in [0.15, 0.2) is 53.4 Å². The van der Waals surface area contributed by atoms with E-state index in [0.29, 0.717) is 42.9 Å². The Hall–Kier alpha value is -2.65. The molecule has 2 aromatic carbocycles. The minimum absolute atomic E-state index is 0.109. The first-order chi connectivity index (χ1) is 14.3. The molecule has 0 unspecified atom stereocenters. The molecule has 0 aliphatic carbocycles. The van der Waals surface area contributed by atoms with Crippen LogP contribution < -0.4 is 10.2 Å². The predicted octanol–water partition coefficient (Wildman–Crippen LogP) is 4.67. The molecule has 0 bridgehead atoms. The van der Waals surface area contributed by atoms with Gasteiger partial charge in [0.15, 0.2) is 0 Å². The predicted molar refractivity (Wildman–Crippen MR) is 110 cm³/mol. The number of aromatic nitrogens is 2. The fourth-order valence-corrected chi connectivity index (χ4v) is 3.54. The monoisotopic (exact) mass is 434 g/mol. The summed E-state index contributed by atoms with van der Waals surface area (Å²) in [6.45, 7) is 2.28. The Morgan fingerprint density at radius 2 is 1.47 bits per heavy atom. The number of piperazine rings is 1. The second-order valence-electron chi connectivity index (χ2n) is 6.88. The Bertz CT molecular complexity index is 1030. The number of alkyl halides is 3. The van der Waals surface area contributed by atoms with Crippen LogP contribution in [0.4, 0.5) is 23.4 Å². The first kappa shape index (κ1) is 20.6. The third kappa shape index (κ3) is 4.27. The summed E-state index contributed by atoms with van der Waals surface area (Å²) in [5, 5.41) is 3.19. The summed E-state index contributed by atoms with van der Waals surface area (Å²) in [5.74, 6) is -1.48. The second kappa shape index (κ2) is 8.23. The van der Waals surface area contributed by atoms with Crippen molar-refractivity contribution in [2.75, 3.05) is 31.1 Å². The van der Waals surface area contributed by atoms with Crippen LogP contribution in [0.25, 0.3) is 22.4 Å². The van der Waals surface area contributed by atoms with E-state index in [1.54, 1.807) is 24.3 Å². The normalized spacial score (nSPS) is 14.8. The largest absolute Gasteiger partial charge is 0.451 e. The van der Waals surface area contributed by atoms with Crippen molar-refractivity contribution in [1.82, 2.24) is 15.3 Å². The van der Waals surface area contributed by atoms with E-state index in [4.69, 9.17) is 0 Å². The lowest BCUT2D eigenvalue weighted by Crippen LogP contribution is -2.44. The van der Waals surface area contributed by atoms with Crippen LogP contribution in [0.2, 0.25) is 0 Å². The van der Waals surface area contributed by atoms with Gasteiger partial charge in [-0.1, -0.05) is 12.1 Å². The Balaban J connectivity index is 2.01. The minimum Gasteiger partial charge on any atom is -0.353 e. The molecule has 1 aromatic heterocycles. The molecule has 4 nitrogen and oxygen atoms in total. The average Bonchev–Trinajstić information content (AvgIpc) is 2.74. The van der Waals surface area contributed by atoms with E-state index in [1.165, 1.54) is 24.3 Å². The van der Waals surface area contributed by atoms with E-state index in [1.807, 2.05) is 4.90 Å². The van der Waals surface area contributed by atoms with Crippen LogP contribution in [0, 0.1) is 5.82 Å². The van der Waals surface area contributed by atoms with Gasteiger partial charge in [-0.15, -0.1) is 12.6 Å². The van der Waals surface area contributed by atoms with Crippen LogP contribution >= 0.6 is 12.6 Å². The van der Waals surface area contributed by atoms with Gasteiger partial charge in [0.2, 0.25) is 5.82 Å². The minimum atomic E-state index is -4.72. The van der Waals surface area contributed by atoms with Crippen molar-refractivity contribution >= 4 is 18.4 Å². The number of anilines is 1. The maximum Gasteiger partial charge on any atom is 0.451 e. The van der Waals surface area contributed by atoms with Crippen molar-refractivity contribution in [1.29, 1.82) is 0 Å². The van der Waals surface area contributed by atoms with Crippen molar-refractivity contribution < 1.29 is 17.6 Å². The fourth-order valence-electron chi connectivity index (χ4n) is 3.39. The third-order valence-corrected chi connectivity index (χ3v) is 5.13. The van der Waals surface area contributed by atoms with Crippen molar-refractivity contribution in [3.63, 3.8) is 0 Å². The number of nitrogens with one attached hydrogen (secondary N) is 1.